The van der Waals surface area contributed by atoms with E-state index < -0.39 is 10.0 Å². The second-order valence-electron chi connectivity index (χ2n) is 4.15. The molecule has 20 heavy (non-hydrogen) atoms. The third kappa shape index (κ3) is 2.95. The minimum atomic E-state index is -3.70. The molecule has 1 aromatic carbocycles. The number of anilines is 1. The molecule has 5 nitrogen and oxygen atoms in total. The SMILES string of the molecule is COc1ccc(NS(=O)(=O)c2ccsc2CO)c(C)c1. The van der Waals surface area contributed by atoms with Crippen molar-refractivity contribution in [2.75, 3.05) is 11.8 Å². The van der Waals surface area contributed by atoms with Crippen LogP contribution in [0.1, 0.15) is 10.4 Å². The van der Waals surface area contributed by atoms with Crippen molar-refractivity contribution >= 4 is 27.0 Å². The predicted octanol–water partition coefficient (Wildman–Crippen LogP) is 2.36. The van der Waals surface area contributed by atoms with Gasteiger partial charge in [0.25, 0.3) is 10.0 Å². The summed E-state index contributed by atoms with van der Waals surface area (Å²) in [4.78, 5) is 0.531. The summed E-state index contributed by atoms with van der Waals surface area (Å²) in [6.07, 6.45) is 0. The first-order valence-corrected chi connectivity index (χ1v) is 8.19. The number of thiophene rings is 1. The minimum absolute atomic E-state index is 0.111. The van der Waals surface area contributed by atoms with Crippen LogP contribution in [-0.4, -0.2) is 20.6 Å². The van der Waals surface area contributed by atoms with Gasteiger partial charge in [0.1, 0.15) is 10.6 Å². The fourth-order valence-electron chi connectivity index (χ4n) is 1.76. The van der Waals surface area contributed by atoms with Crippen LogP contribution in [0, 0.1) is 6.92 Å². The fraction of sp³-hybridized carbons (Fsp3) is 0.231. The van der Waals surface area contributed by atoms with Crippen LogP contribution >= 0.6 is 11.3 Å². The Bertz CT molecular complexity index is 707. The maximum absolute atomic E-state index is 12.3. The maximum Gasteiger partial charge on any atom is 0.263 e. The van der Waals surface area contributed by atoms with Gasteiger partial charge in [0.15, 0.2) is 0 Å². The Morgan fingerprint density at radius 2 is 2.10 bits per heavy atom. The van der Waals surface area contributed by atoms with Gasteiger partial charge in [-0.15, -0.1) is 11.3 Å². The van der Waals surface area contributed by atoms with Gasteiger partial charge in [0.2, 0.25) is 0 Å². The van der Waals surface area contributed by atoms with E-state index >= 15 is 0 Å². The molecule has 1 heterocycles. The summed E-state index contributed by atoms with van der Waals surface area (Å²) < 4.78 is 32.2. The first kappa shape index (κ1) is 14.8. The molecule has 0 radical (unpaired) electrons. The Morgan fingerprint density at radius 1 is 1.35 bits per heavy atom. The second kappa shape index (κ2) is 5.82. The van der Waals surface area contributed by atoms with E-state index in [0.717, 1.165) is 5.56 Å². The third-order valence-electron chi connectivity index (χ3n) is 2.82. The number of aliphatic hydroxyl groups excluding tert-OH is 1. The van der Waals surface area contributed by atoms with Crippen LogP contribution < -0.4 is 9.46 Å². The van der Waals surface area contributed by atoms with Crippen LogP contribution in [0.3, 0.4) is 0 Å². The number of sulfonamides is 1. The average Bonchev–Trinajstić information content (AvgIpc) is 2.90. The number of benzene rings is 1. The molecule has 2 N–H and O–H groups in total. The molecule has 0 fully saturated rings. The van der Waals surface area contributed by atoms with E-state index in [1.807, 2.05) is 0 Å². The smallest absolute Gasteiger partial charge is 0.263 e. The number of aliphatic hydroxyl groups is 1. The summed E-state index contributed by atoms with van der Waals surface area (Å²) in [5.41, 5.74) is 1.24. The average molecular weight is 313 g/mol. The molecular weight excluding hydrogens is 298 g/mol. The van der Waals surface area contributed by atoms with Crippen molar-refractivity contribution in [2.45, 2.75) is 18.4 Å². The van der Waals surface area contributed by atoms with E-state index in [-0.39, 0.29) is 11.5 Å². The molecule has 0 atom stereocenters. The number of ether oxygens (including phenoxy) is 1. The van der Waals surface area contributed by atoms with Crippen molar-refractivity contribution in [3.63, 3.8) is 0 Å². The molecule has 0 spiro atoms. The molecule has 1 aromatic heterocycles. The summed E-state index contributed by atoms with van der Waals surface area (Å²) in [6.45, 7) is 1.50. The van der Waals surface area contributed by atoms with Gasteiger partial charge in [-0.2, -0.15) is 0 Å². The highest BCUT2D eigenvalue weighted by Gasteiger charge is 2.20. The van der Waals surface area contributed by atoms with Gasteiger partial charge >= 0.3 is 0 Å². The second-order valence-corrected chi connectivity index (χ2v) is 6.80. The van der Waals surface area contributed by atoms with Gasteiger partial charge in [-0.05, 0) is 42.1 Å². The van der Waals surface area contributed by atoms with Crippen LogP contribution in [-0.2, 0) is 16.6 Å². The number of methoxy groups -OCH3 is 1. The number of hydrogen-bond acceptors (Lipinski definition) is 5. The Balaban J connectivity index is 2.34. The van der Waals surface area contributed by atoms with Gasteiger partial charge in [-0.1, -0.05) is 0 Å². The zero-order valence-corrected chi connectivity index (χ0v) is 12.7. The van der Waals surface area contributed by atoms with Crippen LogP contribution in [0.2, 0.25) is 0 Å². The van der Waals surface area contributed by atoms with Crippen molar-refractivity contribution in [1.82, 2.24) is 0 Å². The van der Waals surface area contributed by atoms with E-state index in [2.05, 4.69) is 4.72 Å². The zero-order valence-electron chi connectivity index (χ0n) is 11.1. The highest BCUT2D eigenvalue weighted by Crippen LogP contribution is 2.27. The highest BCUT2D eigenvalue weighted by molar-refractivity contribution is 7.93. The van der Waals surface area contributed by atoms with Gasteiger partial charge in [-0.3, -0.25) is 4.72 Å². The van der Waals surface area contributed by atoms with Crippen LogP contribution in [0.15, 0.2) is 34.5 Å². The number of aryl methyl sites for hydroxylation is 1. The van der Waals surface area contributed by atoms with Gasteiger partial charge in [-0.25, -0.2) is 8.42 Å². The van der Waals surface area contributed by atoms with Crippen molar-refractivity contribution in [1.29, 1.82) is 0 Å². The zero-order chi connectivity index (χ0) is 14.8. The molecule has 2 aromatic rings. The molecule has 0 bridgehead atoms. The summed E-state index contributed by atoms with van der Waals surface area (Å²) in [7, 11) is -2.14. The summed E-state index contributed by atoms with van der Waals surface area (Å²) in [5, 5.41) is 10.8. The quantitative estimate of drug-likeness (QED) is 0.888. The summed E-state index contributed by atoms with van der Waals surface area (Å²) in [5.74, 6) is 0.664. The maximum atomic E-state index is 12.3. The van der Waals surface area contributed by atoms with Crippen LogP contribution in [0.25, 0.3) is 0 Å². The van der Waals surface area contributed by atoms with Crippen molar-refractivity contribution in [3.05, 3.63) is 40.1 Å². The lowest BCUT2D eigenvalue weighted by atomic mass is 10.2. The molecule has 2 rings (SSSR count). The van der Waals surface area contributed by atoms with Gasteiger partial charge < -0.3 is 9.84 Å². The van der Waals surface area contributed by atoms with Crippen molar-refractivity contribution in [2.24, 2.45) is 0 Å². The van der Waals surface area contributed by atoms with Crippen LogP contribution in [0.4, 0.5) is 5.69 Å². The normalized spacial score (nSPS) is 11.3. The third-order valence-corrected chi connectivity index (χ3v) is 5.30. The van der Waals surface area contributed by atoms with Crippen LogP contribution in [0.5, 0.6) is 5.75 Å². The predicted molar refractivity (Wildman–Crippen MR) is 78.8 cm³/mol. The van der Waals surface area contributed by atoms with Gasteiger partial charge in [0, 0.05) is 0 Å². The summed E-state index contributed by atoms with van der Waals surface area (Å²) >= 11 is 1.21. The molecule has 0 saturated carbocycles. The van der Waals surface area contributed by atoms with E-state index in [9.17, 15) is 8.42 Å². The minimum Gasteiger partial charge on any atom is -0.497 e. The standard InChI is InChI=1S/C13H15NO4S2/c1-9-7-10(18-2)3-4-11(9)14-20(16,17)13-5-6-19-12(13)8-15/h3-7,14-15H,8H2,1-2H3. The lowest BCUT2D eigenvalue weighted by Gasteiger charge is -2.11. The van der Waals surface area contributed by atoms with E-state index in [4.69, 9.17) is 9.84 Å². The van der Waals surface area contributed by atoms with E-state index in [0.29, 0.717) is 16.3 Å². The first-order chi connectivity index (χ1) is 9.47. The highest BCUT2D eigenvalue weighted by atomic mass is 32.2. The Morgan fingerprint density at radius 3 is 2.70 bits per heavy atom. The van der Waals surface area contributed by atoms with Crippen molar-refractivity contribution < 1.29 is 18.3 Å². The Labute approximate surface area is 121 Å². The number of rotatable bonds is 5. The summed E-state index contributed by atoms with van der Waals surface area (Å²) in [6, 6.07) is 6.57. The van der Waals surface area contributed by atoms with Crippen molar-refractivity contribution in [3.8, 4) is 5.75 Å². The lowest BCUT2D eigenvalue weighted by molar-refractivity contribution is 0.282. The molecular formula is C13H15NO4S2. The molecule has 0 saturated heterocycles. The molecule has 108 valence electrons. The van der Waals surface area contributed by atoms with Gasteiger partial charge in [0.05, 0.1) is 24.3 Å². The molecule has 7 heteroatoms. The largest absolute Gasteiger partial charge is 0.497 e. The molecule has 0 aliphatic heterocycles. The van der Waals surface area contributed by atoms with E-state index in [1.165, 1.54) is 17.4 Å². The molecule has 0 aliphatic rings. The number of hydrogen-bond donors (Lipinski definition) is 2. The molecule has 0 aliphatic carbocycles. The monoisotopic (exact) mass is 313 g/mol. The lowest BCUT2D eigenvalue weighted by Crippen LogP contribution is -2.14. The molecule has 0 unspecified atom stereocenters. The fourth-order valence-corrected chi connectivity index (χ4v) is 4.19. The molecule has 0 amide bonds. The number of nitrogens with one attached hydrogen (secondary N) is 1. The Kier molecular flexibility index (Phi) is 4.32. The topological polar surface area (TPSA) is 75.6 Å². The Hall–Kier alpha value is -1.57. The first-order valence-electron chi connectivity index (χ1n) is 5.82. The van der Waals surface area contributed by atoms with E-state index in [1.54, 1.807) is 37.6 Å².